The Kier molecular flexibility index (Phi) is 4.03. The van der Waals surface area contributed by atoms with Gasteiger partial charge >= 0.3 is 0 Å². The smallest absolute Gasteiger partial charge is 0.164 e. The lowest BCUT2D eigenvalue weighted by Gasteiger charge is -2.08. The molecular formula is C12H14N2O2. The number of carbonyl (C=O) groups is 1. The molecule has 0 aliphatic carbocycles. The van der Waals surface area contributed by atoms with Crippen LogP contribution in [0.2, 0.25) is 0 Å². The molecule has 0 fully saturated rings. The fraction of sp³-hybridized carbons (Fsp3) is 0.333. The minimum absolute atomic E-state index is 0.0512. The molecule has 0 amide bonds. The Hall–Kier alpha value is -1.86. The number of benzene rings is 1. The molecule has 0 saturated carbocycles. The molecule has 4 nitrogen and oxygen atoms in total. The third kappa shape index (κ3) is 2.38. The normalized spacial score (nSPS) is 9.62. The molecule has 0 radical (unpaired) electrons. The second-order valence-corrected chi connectivity index (χ2v) is 3.45. The van der Waals surface area contributed by atoms with Crippen LogP contribution in [0.5, 0.6) is 5.75 Å². The standard InChI is InChI=1S/C12H14N2O2/c1-8-5-9(11(15)3-4-13)6-10(7-14)12(8)16-2/h5-6H,3-4,13H2,1-2H3. The van der Waals surface area contributed by atoms with Gasteiger partial charge in [0.1, 0.15) is 11.8 Å². The summed E-state index contributed by atoms with van der Waals surface area (Å²) < 4.78 is 5.10. The van der Waals surface area contributed by atoms with Gasteiger partial charge in [-0.1, -0.05) is 0 Å². The fourth-order valence-corrected chi connectivity index (χ4v) is 1.56. The van der Waals surface area contributed by atoms with E-state index in [-0.39, 0.29) is 12.2 Å². The number of hydrogen-bond donors (Lipinski definition) is 1. The van der Waals surface area contributed by atoms with Gasteiger partial charge in [-0.15, -0.1) is 0 Å². The summed E-state index contributed by atoms with van der Waals surface area (Å²) in [5, 5.41) is 8.94. The molecule has 0 aromatic heterocycles. The Morgan fingerprint density at radius 2 is 2.25 bits per heavy atom. The first-order valence-corrected chi connectivity index (χ1v) is 4.96. The maximum Gasteiger partial charge on any atom is 0.164 e. The van der Waals surface area contributed by atoms with E-state index in [1.807, 2.05) is 6.07 Å². The Balaban J connectivity index is 3.21. The lowest BCUT2D eigenvalue weighted by atomic mass is 10.0. The topological polar surface area (TPSA) is 76.1 Å². The largest absolute Gasteiger partial charge is 0.495 e. The molecule has 1 aromatic rings. The summed E-state index contributed by atoms with van der Waals surface area (Å²) in [5.74, 6) is 0.469. The molecule has 4 heteroatoms. The van der Waals surface area contributed by atoms with Crippen molar-refractivity contribution in [2.45, 2.75) is 13.3 Å². The SMILES string of the molecule is COc1c(C)cc(C(=O)CCN)cc1C#N. The molecule has 0 bridgehead atoms. The van der Waals surface area contributed by atoms with Crippen LogP contribution < -0.4 is 10.5 Å². The van der Waals surface area contributed by atoms with Crippen molar-refractivity contribution in [3.63, 3.8) is 0 Å². The summed E-state index contributed by atoms with van der Waals surface area (Å²) in [7, 11) is 1.50. The molecule has 0 atom stereocenters. The zero-order chi connectivity index (χ0) is 12.1. The first-order chi connectivity index (χ1) is 7.63. The first-order valence-electron chi connectivity index (χ1n) is 4.96. The zero-order valence-corrected chi connectivity index (χ0v) is 9.41. The Bertz CT molecular complexity index is 447. The number of ketones is 1. The van der Waals surface area contributed by atoms with Crippen LogP contribution in [0, 0.1) is 18.3 Å². The van der Waals surface area contributed by atoms with Gasteiger partial charge in [-0.3, -0.25) is 4.79 Å². The van der Waals surface area contributed by atoms with Crippen molar-refractivity contribution >= 4 is 5.78 Å². The predicted octanol–water partition coefficient (Wildman–Crippen LogP) is 1.41. The second-order valence-electron chi connectivity index (χ2n) is 3.45. The highest BCUT2D eigenvalue weighted by molar-refractivity contribution is 5.97. The minimum atomic E-state index is -0.0512. The van der Waals surface area contributed by atoms with Crippen molar-refractivity contribution < 1.29 is 9.53 Å². The molecule has 1 aromatic carbocycles. The molecule has 0 saturated heterocycles. The van der Waals surface area contributed by atoms with Gasteiger partial charge in [-0.05, 0) is 31.2 Å². The number of Topliss-reactive ketones (excluding diaryl/α,β-unsaturated/α-hetero) is 1. The molecule has 0 spiro atoms. The van der Waals surface area contributed by atoms with Crippen LogP contribution in [0.15, 0.2) is 12.1 Å². The maximum atomic E-state index is 11.6. The highest BCUT2D eigenvalue weighted by Crippen LogP contribution is 2.24. The maximum absolute atomic E-state index is 11.6. The van der Waals surface area contributed by atoms with Crippen LogP contribution in [0.4, 0.5) is 0 Å². The van der Waals surface area contributed by atoms with E-state index >= 15 is 0 Å². The van der Waals surface area contributed by atoms with Gasteiger partial charge in [0.05, 0.1) is 12.7 Å². The summed E-state index contributed by atoms with van der Waals surface area (Å²) in [5.41, 5.74) is 6.99. The van der Waals surface area contributed by atoms with Gasteiger partial charge in [0, 0.05) is 12.0 Å². The quantitative estimate of drug-likeness (QED) is 0.775. The minimum Gasteiger partial charge on any atom is -0.495 e. The van der Waals surface area contributed by atoms with Crippen molar-refractivity contribution in [1.29, 1.82) is 5.26 Å². The predicted molar refractivity (Wildman–Crippen MR) is 60.4 cm³/mol. The number of nitriles is 1. The highest BCUT2D eigenvalue weighted by atomic mass is 16.5. The summed E-state index contributed by atoms with van der Waals surface area (Å²) in [6, 6.07) is 5.28. The van der Waals surface area contributed by atoms with Crippen molar-refractivity contribution in [2.24, 2.45) is 5.73 Å². The summed E-state index contributed by atoms with van der Waals surface area (Å²) in [6.45, 7) is 2.12. The van der Waals surface area contributed by atoms with Crippen LogP contribution in [0.1, 0.15) is 27.9 Å². The number of rotatable bonds is 4. The number of nitrogens with two attached hydrogens (primary N) is 1. The van der Waals surface area contributed by atoms with Crippen LogP contribution >= 0.6 is 0 Å². The number of ether oxygens (including phenoxy) is 1. The Morgan fingerprint density at radius 3 is 2.75 bits per heavy atom. The van der Waals surface area contributed by atoms with E-state index in [0.29, 0.717) is 23.4 Å². The van der Waals surface area contributed by atoms with Crippen molar-refractivity contribution in [3.05, 3.63) is 28.8 Å². The zero-order valence-electron chi connectivity index (χ0n) is 9.41. The van der Waals surface area contributed by atoms with Crippen molar-refractivity contribution in [3.8, 4) is 11.8 Å². The van der Waals surface area contributed by atoms with Crippen molar-refractivity contribution in [1.82, 2.24) is 0 Å². The molecule has 0 aliphatic heterocycles. The lowest BCUT2D eigenvalue weighted by Crippen LogP contribution is -2.09. The van der Waals surface area contributed by atoms with Crippen LogP contribution in [0.3, 0.4) is 0 Å². The van der Waals surface area contributed by atoms with Gasteiger partial charge < -0.3 is 10.5 Å². The summed E-state index contributed by atoms with van der Waals surface area (Å²) in [6.07, 6.45) is 0.288. The average Bonchev–Trinajstić information content (AvgIpc) is 2.28. The molecule has 0 heterocycles. The first kappa shape index (κ1) is 12.2. The molecule has 16 heavy (non-hydrogen) atoms. The molecule has 2 N–H and O–H groups in total. The van der Waals surface area contributed by atoms with E-state index in [0.717, 1.165) is 5.56 Å². The van der Waals surface area contributed by atoms with Crippen LogP contribution in [0.25, 0.3) is 0 Å². The number of carbonyl (C=O) groups excluding carboxylic acids is 1. The van der Waals surface area contributed by atoms with E-state index in [1.165, 1.54) is 7.11 Å². The lowest BCUT2D eigenvalue weighted by molar-refractivity contribution is 0.0985. The van der Waals surface area contributed by atoms with E-state index < -0.39 is 0 Å². The fourth-order valence-electron chi connectivity index (χ4n) is 1.56. The highest BCUT2D eigenvalue weighted by Gasteiger charge is 2.12. The number of hydrogen-bond acceptors (Lipinski definition) is 4. The van der Waals surface area contributed by atoms with Crippen LogP contribution in [-0.4, -0.2) is 19.4 Å². The van der Waals surface area contributed by atoms with Gasteiger partial charge in [0.15, 0.2) is 5.78 Å². The molecular weight excluding hydrogens is 204 g/mol. The Morgan fingerprint density at radius 1 is 1.56 bits per heavy atom. The van der Waals surface area contributed by atoms with Crippen LogP contribution in [-0.2, 0) is 0 Å². The second kappa shape index (κ2) is 5.29. The van der Waals surface area contributed by atoms with E-state index in [4.69, 9.17) is 15.7 Å². The molecule has 0 unspecified atom stereocenters. The Labute approximate surface area is 94.6 Å². The van der Waals surface area contributed by atoms with E-state index in [1.54, 1.807) is 19.1 Å². The van der Waals surface area contributed by atoms with Crippen molar-refractivity contribution in [2.75, 3.05) is 13.7 Å². The monoisotopic (exact) mass is 218 g/mol. The third-order valence-corrected chi connectivity index (χ3v) is 2.29. The number of methoxy groups -OCH3 is 1. The van der Waals surface area contributed by atoms with E-state index in [9.17, 15) is 4.79 Å². The number of aryl methyl sites for hydroxylation is 1. The molecule has 0 aliphatic rings. The van der Waals surface area contributed by atoms with Gasteiger partial charge in [0.25, 0.3) is 0 Å². The van der Waals surface area contributed by atoms with Gasteiger partial charge in [0.2, 0.25) is 0 Å². The average molecular weight is 218 g/mol. The third-order valence-electron chi connectivity index (χ3n) is 2.29. The number of nitrogens with zero attached hydrogens (tertiary/aromatic N) is 1. The van der Waals surface area contributed by atoms with Gasteiger partial charge in [-0.2, -0.15) is 5.26 Å². The summed E-state index contributed by atoms with van der Waals surface area (Å²) in [4.78, 5) is 11.6. The van der Waals surface area contributed by atoms with E-state index in [2.05, 4.69) is 0 Å². The molecule has 1 rings (SSSR count). The van der Waals surface area contributed by atoms with Gasteiger partial charge in [-0.25, -0.2) is 0 Å². The molecule has 84 valence electrons. The summed E-state index contributed by atoms with van der Waals surface area (Å²) >= 11 is 0.